The molecule has 35 heavy (non-hydrogen) atoms. The fourth-order valence-electron chi connectivity index (χ4n) is 3.41. The van der Waals surface area contributed by atoms with Gasteiger partial charge in [-0.05, 0) is 45.2 Å². The average Bonchev–Trinajstić information content (AvgIpc) is 3.12. The second kappa shape index (κ2) is 13.9. The van der Waals surface area contributed by atoms with E-state index < -0.39 is 23.6 Å². The van der Waals surface area contributed by atoms with E-state index in [4.69, 9.17) is 9.47 Å². The van der Waals surface area contributed by atoms with Crippen LogP contribution in [0.1, 0.15) is 97.4 Å². The van der Waals surface area contributed by atoms with Crippen molar-refractivity contribution < 1.29 is 23.9 Å². The Morgan fingerprint density at radius 1 is 0.943 bits per heavy atom. The van der Waals surface area contributed by atoms with E-state index in [2.05, 4.69) is 17.6 Å². The number of ether oxygens (including phenoxy) is 2. The van der Waals surface area contributed by atoms with Crippen LogP contribution in [0.4, 0.5) is 9.80 Å². The van der Waals surface area contributed by atoms with Crippen molar-refractivity contribution >= 4 is 34.3 Å². The summed E-state index contributed by atoms with van der Waals surface area (Å²) < 4.78 is 11.0. The monoisotopic (exact) mass is 502 g/mol. The largest absolute Gasteiger partial charge is 0.457 e. The number of esters is 2. The maximum absolute atomic E-state index is 12.9. The van der Waals surface area contributed by atoms with Gasteiger partial charge in [0.15, 0.2) is 0 Å². The molecule has 1 heterocycles. The molecule has 0 bridgehead atoms. The Morgan fingerprint density at radius 3 is 2.26 bits per heavy atom. The third kappa shape index (κ3) is 9.72. The van der Waals surface area contributed by atoms with Gasteiger partial charge in [0, 0.05) is 6.54 Å². The quantitative estimate of drug-likeness (QED) is 0.244. The van der Waals surface area contributed by atoms with E-state index in [0.29, 0.717) is 12.1 Å². The van der Waals surface area contributed by atoms with Crippen molar-refractivity contribution in [2.24, 2.45) is 0 Å². The van der Waals surface area contributed by atoms with Crippen molar-refractivity contribution in [3.8, 4) is 0 Å². The van der Waals surface area contributed by atoms with Gasteiger partial charge in [-0.1, -0.05) is 69.4 Å². The molecule has 0 radical (unpaired) electrons. The fraction of sp³-hybridized carbons (Fsp3) is 0.519. The van der Waals surface area contributed by atoms with Gasteiger partial charge in [0.1, 0.15) is 22.1 Å². The molecule has 2 rings (SSSR count). The summed E-state index contributed by atoms with van der Waals surface area (Å²) in [5.74, 6) is -1.15. The van der Waals surface area contributed by atoms with Crippen molar-refractivity contribution in [1.29, 1.82) is 0 Å². The fourth-order valence-corrected chi connectivity index (χ4v) is 4.50. The molecule has 0 unspecified atom stereocenters. The predicted octanol–water partition coefficient (Wildman–Crippen LogP) is 6.85. The van der Waals surface area contributed by atoms with E-state index >= 15 is 0 Å². The van der Waals surface area contributed by atoms with Crippen LogP contribution in [-0.2, 0) is 16.1 Å². The topological polar surface area (TPSA) is 93.7 Å². The highest BCUT2D eigenvalue weighted by Gasteiger charge is 2.29. The number of benzene rings is 1. The molecule has 2 amide bonds. The maximum Gasteiger partial charge on any atom is 0.349 e. The average molecular weight is 503 g/mol. The molecular weight excluding hydrogens is 464 g/mol. The third-order valence-electron chi connectivity index (χ3n) is 5.19. The van der Waals surface area contributed by atoms with Crippen molar-refractivity contribution in [1.82, 2.24) is 5.32 Å². The summed E-state index contributed by atoms with van der Waals surface area (Å²) in [4.78, 5) is 38.6. The zero-order valence-corrected chi connectivity index (χ0v) is 22.3. The van der Waals surface area contributed by atoms with Crippen LogP contribution in [0, 0.1) is 6.92 Å². The summed E-state index contributed by atoms with van der Waals surface area (Å²) in [6, 6.07) is 8.92. The summed E-state index contributed by atoms with van der Waals surface area (Å²) in [6.45, 7) is 9.79. The zero-order chi connectivity index (χ0) is 25.8. The number of thiophene rings is 1. The van der Waals surface area contributed by atoms with E-state index in [9.17, 15) is 14.4 Å². The molecule has 1 aromatic carbocycles. The summed E-state index contributed by atoms with van der Waals surface area (Å²) in [5, 5.41) is 5.84. The highest BCUT2D eigenvalue weighted by Crippen LogP contribution is 2.35. The third-order valence-corrected chi connectivity index (χ3v) is 6.38. The van der Waals surface area contributed by atoms with E-state index in [1.165, 1.54) is 19.3 Å². The molecule has 0 spiro atoms. The smallest absolute Gasteiger partial charge is 0.349 e. The molecule has 0 saturated heterocycles. The zero-order valence-electron chi connectivity index (χ0n) is 21.5. The van der Waals surface area contributed by atoms with Crippen molar-refractivity contribution in [2.75, 3.05) is 11.9 Å². The molecule has 0 aliphatic rings. The van der Waals surface area contributed by atoms with E-state index in [-0.39, 0.29) is 22.0 Å². The molecule has 0 atom stereocenters. The maximum atomic E-state index is 12.9. The lowest BCUT2D eigenvalue weighted by Crippen LogP contribution is -2.30. The number of hydrogen-bond donors (Lipinski definition) is 2. The number of hydrogen-bond acceptors (Lipinski definition) is 6. The molecule has 0 saturated carbocycles. The first-order chi connectivity index (χ1) is 16.6. The second-order valence-corrected chi connectivity index (χ2v) is 10.5. The summed E-state index contributed by atoms with van der Waals surface area (Å²) >= 11 is 1.02. The SMILES string of the molecule is CCCCCCCCNC(=O)Nc1sc(C(=O)OCc2ccccc2)c(C)c1C(=O)OC(C)(C)C. The van der Waals surface area contributed by atoms with Gasteiger partial charge in [-0.15, -0.1) is 11.3 Å². The minimum atomic E-state index is -0.725. The van der Waals surface area contributed by atoms with Gasteiger partial charge in [-0.2, -0.15) is 0 Å². The van der Waals surface area contributed by atoms with Crippen LogP contribution >= 0.6 is 11.3 Å². The Labute approximate surface area is 212 Å². The highest BCUT2D eigenvalue weighted by molar-refractivity contribution is 7.18. The van der Waals surface area contributed by atoms with E-state index in [1.807, 2.05) is 30.3 Å². The summed E-state index contributed by atoms with van der Waals surface area (Å²) in [5.41, 5.74) is 0.728. The first kappa shape index (κ1) is 28.4. The number of amides is 2. The molecule has 1 aromatic heterocycles. The minimum Gasteiger partial charge on any atom is -0.457 e. The Bertz CT molecular complexity index is 979. The van der Waals surface area contributed by atoms with Gasteiger partial charge < -0.3 is 14.8 Å². The normalized spacial score (nSPS) is 11.1. The van der Waals surface area contributed by atoms with Crippen molar-refractivity contribution in [2.45, 2.75) is 85.4 Å². The Kier molecular flexibility index (Phi) is 11.2. The number of urea groups is 1. The lowest BCUT2D eigenvalue weighted by atomic mass is 10.1. The number of rotatable bonds is 12. The summed E-state index contributed by atoms with van der Waals surface area (Å²) in [7, 11) is 0. The number of nitrogens with one attached hydrogen (secondary N) is 2. The summed E-state index contributed by atoms with van der Waals surface area (Å²) in [6.07, 6.45) is 6.73. The second-order valence-electron chi connectivity index (χ2n) is 9.47. The highest BCUT2D eigenvalue weighted by atomic mass is 32.1. The molecule has 8 heteroatoms. The number of anilines is 1. The lowest BCUT2D eigenvalue weighted by Gasteiger charge is -2.20. The number of carbonyl (C=O) groups is 3. The minimum absolute atomic E-state index is 0.111. The predicted molar refractivity (Wildman–Crippen MR) is 140 cm³/mol. The first-order valence-electron chi connectivity index (χ1n) is 12.2. The van der Waals surface area contributed by atoms with E-state index in [0.717, 1.165) is 36.2 Å². The van der Waals surface area contributed by atoms with Crippen LogP contribution in [0.2, 0.25) is 0 Å². The molecule has 192 valence electrons. The molecule has 0 aliphatic heterocycles. The molecule has 2 N–H and O–H groups in total. The molecular formula is C27H38N2O5S. The lowest BCUT2D eigenvalue weighted by molar-refractivity contribution is 0.00705. The molecule has 2 aromatic rings. The van der Waals surface area contributed by atoms with Gasteiger partial charge in [-0.3, -0.25) is 5.32 Å². The first-order valence-corrected chi connectivity index (χ1v) is 13.1. The van der Waals surface area contributed by atoms with Crippen LogP contribution in [0.15, 0.2) is 30.3 Å². The Balaban J connectivity index is 2.10. The van der Waals surface area contributed by atoms with E-state index in [1.54, 1.807) is 27.7 Å². The van der Waals surface area contributed by atoms with Gasteiger partial charge >= 0.3 is 18.0 Å². The van der Waals surface area contributed by atoms with Crippen molar-refractivity contribution in [3.05, 3.63) is 51.9 Å². The van der Waals surface area contributed by atoms with Gasteiger partial charge in [-0.25, -0.2) is 14.4 Å². The standard InChI is InChI=1S/C27H38N2O5S/c1-6-7-8-9-10-14-17-28-26(32)29-23-21(24(30)34-27(3,4)5)19(2)22(35-23)25(31)33-18-20-15-12-11-13-16-20/h11-13,15-16H,6-10,14,17-18H2,1-5H3,(H2,28,29,32). The van der Waals surface area contributed by atoms with Gasteiger partial charge in [0.05, 0.1) is 5.56 Å². The van der Waals surface area contributed by atoms with Gasteiger partial charge in [0.2, 0.25) is 0 Å². The van der Waals surface area contributed by atoms with Crippen molar-refractivity contribution in [3.63, 3.8) is 0 Å². The van der Waals surface area contributed by atoms with Crippen LogP contribution in [0.25, 0.3) is 0 Å². The molecule has 0 fully saturated rings. The van der Waals surface area contributed by atoms with Crippen LogP contribution < -0.4 is 10.6 Å². The molecule has 0 aliphatic carbocycles. The number of unbranched alkanes of at least 4 members (excludes halogenated alkanes) is 5. The number of carbonyl (C=O) groups excluding carboxylic acids is 3. The van der Waals surface area contributed by atoms with Gasteiger partial charge in [0.25, 0.3) is 0 Å². The molecule has 7 nitrogen and oxygen atoms in total. The van der Waals surface area contributed by atoms with Crippen LogP contribution in [0.3, 0.4) is 0 Å². The van der Waals surface area contributed by atoms with Crippen LogP contribution in [-0.4, -0.2) is 30.1 Å². The van der Waals surface area contributed by atoms with Crippen LogP contribution in [0.5, 0.6) is 0 Å². The Morgan fingerprint density at radius 2 is 1.60 bits per heavy atom. The Hall–Kier alpha value is -2.87.